The molecule has 1 saturated heterocycles. The van der Waals surface area contributed by atoms with E-state index in [2.05, 4.69) is 46.8 Å². The minimum absolute atomic E-state index is 0.0464. The van der Waals surface area contributed by atoms with Gasteiger partial charge in [-0.25, -0.2) is 0 Å². The molecule has 0 N–H and O–H groups in total. The fourth-order valence-electron chi connectivity index (χ4n) is 2.44. The van der Waals surface area contributed by atoms with E-state index in [1.807, 2.05) is 0 Å². The summed E-state index contributed by atoms with van der Waals surface area (Å²) in [5, 5.41) is 0. The summed E-state index contributed by atoms with van der Waals surface area (Å²) in [6.45, 7) is 10.8. The van der Waals surface area contributed by atoms with Crippen molar-refractivity contribution in [3.8, 4) is 0 Å². The van der Waals surface area contributed by atoms with Gasteiger partial charge in [0, 0.05) is 0 Å². The van der Waals surface area contributed by atoms with E-state index in [-0.39, 0.29) is 18.3 Å². The van der Waals surface area contributed by atoms with Gasteiger partial charge in [-0.3, -0.25) is 0 Å². The van der Waals surface area contributed by atoms with Crippen molar-refractivity contribution in [2.45, 2.75) is 65.0 Å². The molecule has 0 spiro atoms. The highest BCUT2D eigenvalue weighted by Gasteiger charge is 2.52. The summed E-state index contributed by atoms with van der Waals surface area (Å²) >= 11 is 0. The summed E-state index contributed by atoms with van der Waals surface area (Å²) in [6, 6.07) is 0. The van der Waals surface area contributed by atoms with E-state index in [1.54, 1.807) is 0 Å². The van der Waals surface area contributed by atoms with E-state index in [4.69, 9.17) is 9.31 Å². The van der Waals surface area contributed by atoms with Crippen LogP contribution in [-0.4, -0.2) is 18.3 Å². The summed E-state index contributed by atoms with van der Waals surface area (Å²) in [5.41, 5.74) is -0.0543. The van der Waals surface area contributed by atoms with Crippen LogP contribution in [0.3, 0.4) is 0 Å². The molecule has 0 saturated carbocycles. The topological polar surface area (TPSA) is 18.5 Å². The van der Waals surface area contributed by atoms with E-state index in [1.165, 1.54) is 0 Å². The zero-order chi connectivity index (χ0) is 12.0. The molecule has 3 heteroatoms. The van der Waals surface area contributed by atoms with Crippen LogP contribution in [0.4, 0.5) is 0 Å². The van der Waals surface area contributed by atoms with Crippen molar-refractivity contribution in [3.63, 3.8) is 0 Å². The predicted octanol–water partition coefficient (Wildman–Crippen LogP) is 3.43. The minimum Gasteiger partial charge on any atom is -0.403 e. The highest BCUT2D eigenvalue weighted by atomic mass is 16.7. The fourth-order valence-corrected chi connectivity index (χ4v) is 2.44. The highest BCUT2D eigenvalue weighted by molar-refractivity contribution is 6.45. The molecule has 2 aliphatic rings. The molecule has 2 rings (SSSR count). The average Bonchev–Trinajstić information content (AvgIpc) is 2.56. The van der Waals surface area contributed by atoms with Crippen molar-refractivity contribution in [1.82, 2.24) is 0 Å². The van der Waals surface area contributed by atoms with Gasteiger partial charge >= 0.3 is 7.12 Å². The molecule has 0 amide bonds. The lowest BCUT2D eigenvalue weighted by atomic mass is 9.67. The van der Waals surface area contributed by atoms with Crippen LogP contribution in [0.25, 0.3) is 0 Å². The van der Waals surface area contributed by atoms with Gasteiger partial charge < -0.3 is 9.31 Å². The second kappa shape index (κ2) is 3.61. The molecule has 1 aliphatic carbocycles. The lowest BCUT2D eigenvalue weighted by Gasteiger charge is -2.32. The molecule has 1 fully saturated rings. The number of rotatable bonds is 2. The summed E-state index contributed by atoms with van der Waals surface area (Å²) in [7, 11) is -0.0464. The SMILES string of the molecule is CC1(CB2OC(C)(C)C(C)(C)O2)CC=CC1. The quantitative estimate of drug-likeness (QED) is 0.526. The van der Waals surface area contributed by atoms with Crippen LogP contribution in [0.1, 0.15) is 47.5 Å². The Labute approximate surface area is 99.5 Å². The van der Waals surface area contributed by atoms with Crippen molar-refractivity contribution in [1.29, 1.82) is 0 Å². The van der Waals surface area contributed by atoms with Gasteiger partial charge in [-0.05, 0) is 52.3 Å². The third-order valence-corrected chi connectivity index (χ3v) is 4.35. The van der Waals surface area contributed by atoms with Crippen molar-refractivity contribution >= 4 is 7.12 Å². The monoisotopic (exact) mass is 222 g/mol. The molecule has 0 radical (unpaired) electrons. The number of hydrogen-bond donors (Lipinski definition) is 0. The highest BCUT2D eigenvalue weighted by Crippen LogP contribution is 2.44. The van der Waals surface area contributed by atoms with Gasteiger partial charge in [0.25, 0.3) is 0 Å². The molecule has 0 unspecified atom stereocenters. The van der Waals surface area contributed by atoms with Crippen LogP contribution < -0.4 is 0 Å². The first-order valence-electron chi connectivity index (χ1n) is 6.25. The van der Waals surface area contributed by atoms with Gasteiger partial charge in [-0.1, -0.05) is 19.1 Å². The van der Waals surface area contributed by atoms with Crippen LogP contribution in [-0.2, 0) is 9.31 Å². The first-order valence-corrected chi connectivity index (χ1v) is 6.25. The fraction of sp³-hybridized carbons (Fsp3) is 0.846. The Bertz CT molecular complexity index is 283. The number of hydrogen-bond acceptors (Lipinski definition) is 2. The van der Waals surface area contributed by atoms with Gasteiger partial charge in [-0.2, -0.15) is 0 Å². The standard InChI is InChI=1S/C13H23BO2/c1-11(2)12(3,4)16-14(15-11)10-13(5)8-6-7-9-13/h6-7H,8-10H2,1-5H3. The maximum Gasteiger partial charge on any atom is 0.458 e. The van der Waals surface area contributed by atoms with Gasteiger partial charge in [0.15, 0.2) is 0 Å². The molecule has 0 atom stereocenters. The van der Waals surface area contributed by atoms with Crippen molar-refractivity contribution in [2.24, 2.45) is 5.41 Å². The van der Waals surface area contributed by atoms with E-state index >= 15 is 0 Å². The smallest absolute Gasteiger partial charge is 0.403 e. The van der Waals surface area contributed by atoms with Crippen molar-refractivity contribution in [2.75, 3.05) is 0 Å². The molecule has 1 heterocycles. The lowest BCUT2D eigenvalue weighted by molar-refractivity contribution is 0.00578. The van der Waals surface area contributed by atoms with Crippen molar-refractivity contribution < 1.29 is 9.31 Å². The zero-order valence-corrected chi connectivity index (χ0v) is 11.2. The Morgan fingerprint density at radius 2 is 1.38 bits per heavy atom. The summed E-state index contributed by atoms with van der Waals surface area (Å²) in [5.74, 6) is 0. The van der Waals surface area contributed by atoms with Crippen molar-refractivity contribution in [3.05, 3.63) is 12.2 Å². The Morgan fingerprint density at radius 3 is 1.81 bits per heavy atom. The second-order valence-corrected chi connectivity index (χ2v) is 6.58. The molecular weight excluding hydrogens is 199 g/mol. The van der Waals surface area contributed by atoms with E-state index < -0.39 is 0 Å². The Hall–Kier alpha value is -0.275. The minimum atomic E-state index is -0.194. The summed E-state index contributed by atoms with van der Waals surface area (Å²) in [4.78, 5) is 0. The normalized spacial score (nSPS) is 29.9. The predicted molar refractivity (Wildman–Crippen MR) is 67.4 cm³/mol. The van der Waals surface area contributed by atoms with Crippen LogP contribution in [0.2, 0.25) is 6.32 Å². The molecule has 1 aliphatic heterocycles. The van der Waals surface area contributed by atoms with Gasteiger partial charge in [0.1, 0.15) is 0 Å². The van der Waals surface area contributed by atoms with Crippen LogP contribution >= 0.6 is 0 Å². The lowest BCUT2D eigenvalue weighted by Crippen LogP contribution is -2.41. The largest absolute Gasteiger partial charge is 0.458 e. The first-order chi connectivity index (χ1) is 7.24. The Morgan fingerprint density at radius 1 is 0.938 bits per heavy atom. The second-order valence-electron chi connectivity index (χ2n) is 6.58. The molecule has 0 bridgehead atoms. The maximum absolute atomic E-state index is 6.04. The summed E-state index contributed by atoms with van der Waals surface area (Å²) in [6.07, 6.45) is 7.83. The van der Waals surface area contributed by atoms with Crippen LogP contribution in [0.5, 0.6) is 0 Å². The van der Waals surface area contributed by atoms with Gasteiger partial charge in [0.2, 0.25) is 0 Å². The molecule has 90 valence electrons. The molecule has 0 aromatic rings. The molecule has 0 aromatic heterocycles. The van der Waals surface area contributed by atoms with Gasteiger partial charge in [0.05, 0.1) is 11.2 Å². The average molecular weight is 222 g/mol. The maximum atomic E-state index is 6.04. The first kappa shape index (κ1) is 12.2. The van der Waals surface area contributed by atoms with E-state index in [0.717, 1.165) is 19.2 Å². The Kier molecular flexibility index (Phi) is 2.75. The third-order valence-electron chi connectivity index (χ3n) is 4.35. The van der Waals surface area contributed by atoms with E-state index in [0.29, 0.717) is 5.41 Å². The van der Waals surface area contributed by atoms with Gasteiger partial charge in [-0.15, -0.1) is 0 Å². The molecule has 16 heavy (non-hydrogen) atoms. The number of allylic oxidation sites excluding steroid dienone is 2. The van der Waals surface area contributed by atoms with Crippen LogP contribution in [0, 0.1) is 5.41 Å². The molecule has 2 nitrogen and oxygen atoms in total. The zero-order valence-electron chi connectivity index (χ0n) is 11.2. The molecule has 0 aromatic carbocycles. The summed E-state index contributed by atoms with van der Waals surface area (Å²) < 4.78 is 12.1. The Balaban J connectivity index is 1.99. The third kappa shape index (κ3) is 2.08. The van der Waals surface area contributed by atoms with E-state index in [9.17, 15) is 0 Å². The van der Waals surface area contributed by atoms with Crippen LogP contribution in [0.15, 0.2) is 12.2 Å². The molecular formula is C13H23BO2.